The molecule has 0 bridgehead atoms. The highest BCUT2D eigenvalue weighted by Gasteiger charge is 2.27. The Morgan fingerprint density at radius 1 is 0.794 bits per heavy atom. The second-order valence-electron chi connectivity index (χ2n) is 9.44. The van der Waals surface area contributed by atoms with E-state index in [0.717, 1.165) is 25.7 Å². The zero-order chi connectivity index (χ0) is 24.5. The van der Waals surface area contributed by atoms with Crippen molar-refractivity contribution in [1.82, 2.24) is 0 Å². The lowest BCUT2D eigenvalue weighted by Crippen LogP contribution is -2.15. The molecule has 3 rings (SSSR count). The molecule has 0 aliphatic heterocycles. The highest BCUT2D eigenvalue weighted by atomic mass is 19.2. The maximum Gasteiger partial charge on any atom is 0.201 e. The van der Waals surface area contributed by atoms with Crippen LogP contribution in [0.25, 0.3) is 11.1 Å². The van der Waals surface area contributed by atoms with Crippen LogP contribution in [0.15, 0.2) is 36.9 Å². The third-order valence-corrected chi connectivity index (χ3v) is 7.06. The summed E-state index contributed by atoms with van der Waals surface area (Å²) in [5.41, 5.74) is -0.273. The minimum atomic E-state index is -1.26. The molecule has 2 aromatic rings. The molecule has 2 aromatic carbocycles. The van der Waals surface area contributed by atoms with Gasteiger partial charge in [0.15, 0.2) is 23.2 Å². The van der Waals surface area contributed by atoms with Crippen LogP contribution in [0.1, 0.15) is 89.0 Å². The number of unbranched alkanes of at least 4 members (excludes halogenated alkanes) is 5. The van der Waals surface area contributed by atoms with Crippen LogP contribution in [0.3, 0.4) is 0 Å². The fourth-order valence-corrected chi connectivity index (χ4v) is 5.06. The predicted octanol–water partition coefficient (Wildman–Crippen LogP) is 9.50. The van der Waals surface area contributed by atoms with E-state index in [0.29, 0.717) is 11.5 Å². The number of hydrogen-bond donors (Lipinski definition) is 0. The van der Waals surface area contributed by atoms with Crippen LogP contribution in [0.2, 0.25) is 0 Å². The van der Waals surface area contributed by atoms with Crippen molar-refractivity contribution in [1.29, 1.82) is 0 Å². The molecule has 0 spiro atoms. The lowest BCUT2D eigenvalue weighted by Gasteiger charge is -2.29. The van der Waals surface area contributed by atoms with Crippen LogP contribution in [0.4, 0.5) is 17.6 Å². The Labute approximate surface area is 201 Å². The molecule has 0 unspecified atom stereocenters. The fourth-order valence-electron chi connectivity index (χ4n) is 5.06. The van der Waals surface area contributed by atoms with Gasteiger partial charge < -0.3 is 4.74 Å². The molecule has 0 heterocycles. The topological polar surface area (TPSA) is 9.23 Å². The molecule has 34 heavy (non-hydrogen) atoms. The minimum Gasteiger partial charge on any atom is -0.486 e. The van der Waals surface area contributed by atoms with Crippen LogP contribution in [-0.2, 0) is 0 Å². The quantitative estimate of drug-likeness (QED) is 0.168. The number of ether oxygens (including phenoxy) is 1. The van der Waals surface area contributed by atoms with E-state index in [1.807, 2.05) is 0 Å². The molecule has 0 N–H and O–H groups in total. The van der Waals surface area contributed by atoms with Gasteiger partial charge in [0, 0.05) is 11.1 Å². The van der Waals surface area contributed by atoms with Crippen LogP contribution in [0.5, 0.6) is 5.75 Å². The standard InChI is InChI=1S/C29H36F4O/c1-3-5-6-7-8-9-10-20-11-13-21(14-12-20)22-15-16-23(27(31)26(22)30)24-17-18-25(34-19-4-2)29(33)28(24)32/h4,15-18,20-21H,2-3,5-14,19H2,1H3. The van der Waals surface area contributed by atoms with Gasteiger partial charge in [-0.15, -0.1) is 0 Å². The van der Waals surface area contributed by atoms with E-state index in [9.17, 15) is 13.2 Å². The molecule has 0 saturated heterocycles. The molecule has 1 saturated carbocycles. The van der Waals surface area contributed by atoms with Gasteiger partial charge in [-0.2, -0.15) is 4.39 Å². The monoisotopic (exact) mass is 476 g/mol. The van der Waals surface area contributed by atoms with E-state index in [2.05, 4.69) is 13.5 Å². The summed E-state index contributed by atoms with van der Waals surface area (Å²) in [7, 11) is 0. The van der Waals surface area contributed by atoms with Gasteiger partial charge in [0.1, 0.15) is 6.61 Å². The Kier molecular flexibility index (Phi) is 10.0. The molecule has 186 valence electrons. The molecule has 1 fully saturated rings. The molecule has 0 radical (unpaired) electrons. The Bertz CT molecular complexity index is 948. The summed E-state index contributed by atoms with van der Waals surface area (Å²) in [6.45, 7) is 5.69. The lowest BCUT2D eigenvalue weighted by molar-refractivity contribution is 0.297. The number of halogens is 4. The zero-order valence-electron chi connectivity index (χ0n) is 20.2. The van der Waals surface area contributed by atoms with Gasteiger partial charge in [0.2, 0.25) is 5.82 Å². The molecular formula is C29H36F4O. The summed E-state index contributed by atoms with van der Waals surface area (Å²) in [5.74, 6) is -4.26. The van der Waals surface area contributed by atoms with E-state index in [-0.39, 0.29) is 29.4 Å². The average Bonchev–Trinajstić information content (AvgIpc) is 2.85. The largest absolute Gasteiger partial charge is 0.486 e. The average molecular weight is 477 g/mol. The van der Waals surface area contributed by atoms with Crippen molar-refractivity contribution in [2.45, 2.75) is 83.5 Å². The van der Waals surface area contributed by atoms with E-state index in [1.165, 1.54) is 75.3 Å². The van der Waals surface area contributed by atoms with Gasteiger partial charge in [-0.1, -0.05) is 76.7 Å². The number of rotatable bonds is 12. The Balaban J connectivity index is 1.63. The molecule has 5 heteroatoms. The molecular weight excluding hydrogens is 440 g/mol. The second-order valence-corrected chi connectivity index (χ2v) is 9.44. The first kappa shape index (κ1) is 26.3. The summed E-state index contributed by atoms with van der Waals surface area (Å²) in [6, 6.07) is 5.32. The molecule has 0 amide bonds. The molecule has 1 aliphatic rings. The SMILES string of the molecule is C=CCOc1ccc(-c2ccc(C3CCC(CCCCCCCC)CC3)c(F)c2F)c(F)c1F. The van der Waals surface area contributed by atoms with Gasteiger partial charge in [-0.3, -0.25) is 0 Å². The predicted molar refractivity (Wildman–Crippen MR) is 130 cm³/mol. The smallest absolute Gasteiger partial charge is 0.201 e. The summed E-state index contributed by atoms with van der Waals surface area (Å²) >= 11 is 0. The van der Waals surface area contributed by atoms with Crippen molar-refractivity contribution in [3.8, 4) is 16.9 Å². The highest BCUT2D eigenvalue weighted by molar-refractivity contribution is 5.66. The molecule has 0 aromatic heterocycles. The summed E-state index contributed by atoms with van der Waals surface area (Å²) in [6.07, 6.45) is 14.0. The Hall–Kier alpha value is -2.30. The van der Waals surface area contributed by atoms with Gasteiger partial charge in [0.25, 0.3) is 0 Å². The number of hydrogen-bond acceptors (Lipinski definition) is 1. The summed E-state index contributed by atoms with van der Waals surface area (Å²) < 4.78 is 64.0. The minimum absolute atomic E-state index is 0.00853. The second kappa shape index (κ2) is 13.0. The maximum absolute atomic E-state index is 15.0. The Morgan fingerprint density at radius 3 is 2.09 bits per heavy atom. The summed E-state index contributed by atoms with van der Waals surface area (Å²) in [5, 5.41) is 0. The van der Waals surface area contributed by atoms with Gasteiger partial charge in [0.05, 0.1) is 0 Å². The van der Waals surface area contributed by atoms with Crippen molar-refractivity contribution in [3.05, 3.63) is 65.8 Å². The van der Waals surface area contributed by atoms with Crippen molar-refractivity contribution in [3.63, 3.8) is 0 Å². The van der Waals surface area contributed by atoms with Gasteiger partial charge >= 0.3 is 0 Å². The van der Waals surface area contributed by atoms with Crippen molar-refractivity contribution in [2.75, 3.05) is 6.61 Å². The van der Waals surface area contributed by atoms with E-state index < -0.39 is 23.3 Å². The van der Waals surface area contributed by atoms with Gasteiger partial charge in [-0.25, -0.2) is 13.2 Å². The normalized spacial score (nSPS) is 18.1. The van der Waals surface area contributed by atoms with E-state index in [4.69, 9.17) is 4.74 Å². The van der Waals surface area contributed by atoms with Crippen molar-refractivity contribution < 1.29 is 22.3 Å². The number of benzene rings is 2. The summed E-state index contributed by atoms with van der Waals surface area (Å²) in [4.78, 5) is 0. The van der Waals surface area contributed by atoms with Crippen LogP contribution in [-0.4, -0.2) is 6.61 Å². The van der Waals surface area contributed by atoms with Crippen LogP contribution in [0, 0.1) is 29.2 Å². The fraction of sp³-hybridized carbons (Fsp3) is 0.517. The lowest BCUT2D eigenvalue weighted by atomic mass is 9.76. The maximum atomic E-state index is 15.0. The van der Waals surface area contributed by atoms with E-state index in [1.54, 1.807) is 0 Å². The first-order chi connectivity index (χ1) is 16.5. The molecule has 1 aliphatic carbocycles. The zero-order valence-corrected chi connectivity index (χ0v) is 20.2. The first-order valence-electron chi connectivity index (χ1n) is 12.7. The highest BCUT2D eigenvalue weighted by Crippen LogP contribution is 2.41. The van der Waals surface area contributed by atoms with Crippen molar-refractivity contribution >= 4 is 0 Å². The van der Waals surface area contributed by atoms with E-state index >= 15 is 4.39 Å². The third kappa shape index (κ3) is 6.43. The van der Waals surface area contributed by atoms with Crippen molar-refractivity contribution in [2.24, 2.45) is 5.92 Å². The van der Waals surface area contributed by atoms with Crippen LogP contribution < -0.4 is 4.74 Å². The molecule has 0 atom stereocenters. The first-order valence-corrected chi connectivity index (χ1v) is 12.7. The van der Waals surface area contributed by atoms with Crippen LogP contribution >= 0.6 is 0 Å². The van der Waals surface area contributed by atoms with Gasteiger partial charge in [-0.05, 0) is 55.2 Å². The molecule has 1 nitrogen and oxygen atoms in total. The third-order valence-electron chi connectivity index (χ3n) is 7.06. The Morgan fingerprint density at radius 2 is 1.41 bits per heavy atom.